The highest BCUT2D eigenvalue weighted by Gasteiger charge is 2.21. The number of nitrogens with one attached hydrogen (secondary N) is 1. The molecule has 0 aliphatic heterocycles. The molecule has 1 N–H and O–H groups in total. The van der Waals surface area contributed by atoms with Crippen LogP contribution in [-0.2, 0) is 4.74 Å². The minimum absolute atomic E-state index is 0.779. The van der Waals surface area contributed by atoms with E-state index in [1.165, 1.54) is 19.3 Å². The van der Waals surface area contributed by atoms with Crippen LogP contribution in [0.5, 0.6) is 0 Å². The minimum atomic E-state index is 0.779. The Kier molecular flexibility index (Phi) is 4.62. The Balaban J connectivity index is 1.98. The van der Waals surface area contributed by atoms with Crippen molar-refractivity contribution in [2.75, 3.05) is 20.3 Å². The Morgan fingerprint density at radius 3 is 2.83 bits per heavy atom. The van der Waals surface area contributed by atoms with E-state index in [4.69, 9.17) is 4.74 Å². The molecule has 1 aliphatic carbocycles. The summed E-state index contributed by atoms with van der Waals surface area (Å²) in [6, 6.07) is 0.779. The predicted molar refractivity (Wildman–Crippen MR) is 51.3 cm³/mol. The van der Waals surface area contributed by atoms with E-state index in [9.17, 15) is 0 Å². The average molecular weight is 171 g/mol. The van der Waals surface area contributed by atoms with Crippen LogP contribution in [0.3, 0.4) is 0 Å². The molecule has 0 aromatic rings. The first-order valence-corrected chi connectivity index (χ1v) is 5.07. The van der Waals surface area contributed by atoms with Gasteiger partial charge in [0, 0.05) is 19.8 Å². The molecule has 0 bridgehead atoms. The largest absolute Gasteiger partial charge is 0.385 e. The summed E-state index contributed by atoms with van der Waals surface area (Å²) in [5.41, 5.74) is 0. The van der Waals surface area contributed by atoms with E-state index in [2.05, 4.69) is 12.2 Å². The van der Waals surface area contributed by atoms with Gasteiger partial charge < -0.3 is 10.1 Å². The van der Waals surface area contributed by atoms with Crippen molar-refractivity contribution in [3.05, 3.63) is 0 Å². The Morgan fingerprint density at radius 1 is 1.42 bits per heavy atom. The van der Waals surface area contributed by atoms with Crippen molar-refractivity contribution in [2.45, 2.75) is 38.6 Å². The van der Waals surface area contributed by atoms with Gasteiger partial charge >= 0.3 is 0 Å². The van der Waals surface area contributed by atoms with E-state index in [0.717, 1.165) is 31.5 Å². The van der Waals surface area contributed by atoms with Crippen molar-refractivity contribution in [2.24, 2.45) is 5.92 Å². The fourth-order valence-electron chi connectivity index (χ4n) is 1.95. The second kappa shape index (κ2) is 5.55. The van der Waals surface area contributed by atoms with Crippen molar-refractivity contribution in [3.63, 3.8) is 0 Å². The fourth-order valence-corrected chi connectivity index (χ4v) is 1.95. The molecule has 2 atom stereocenters. The molecule has 72 valence electrons. The highest BCUT2D eigenvalue weighted by molar-refractivity contribution is 4.79. The number of ether oxygens (including phenoxy) is 1. The van der Waals surface area contributed by atoms with Gasteiger partial charge in [-0.25, -0.2) is 0 Å². The summed E-state index contributed by atoms with van der Waals surface area (Å²) in [5.74, 6) is 0.882. The lowest BCUT2D eigenvalue weighted by molar-refractivity contribution is 0.192. The van der Waals surface area contributed by atoms with Crippen molar-refractivity contribution in [1.29, 1.82) is 0 Å². The summed E-state index contributed by atoms with van der Waals surface area (Å²) < 4.78 is 4.99. The zero-order valence-electron chi connectivity index (χ0n) is 8.31. The zero-order valence-corrected chi connectivity index (χ0v) is 8.31. The first-order chi connectivity index (χ1) is 5.84. The molecule has 0 aromatic heterocycles. The lowest BCUT2D eigenvalue weighted by Gasteiger charge is -2.16. The summed E-state index contributed by atoms with van der Waals surface area (Å²) >= 11 is 0. The molecule has 0 aromatic carbocycles. The topological polar surface area (TPSA) is 21.3 Å². The van der Waals surface area contributed by atoms with Crippen molar-refractivity contribution in [3.8, 4) is 0 Å². The van der Waals surface area contributed by atoms with Gasteiger partial charge in [-0.1, -0.05) is 13.3 Å². The highest BCUT2D eigenvalue weighted by atomic mass is 16.5. The molecule has 1 rings (SSSR count). The van der Waals surface area contributed by atoms with Gasteiger partial charge in [0.15, 0.2) is 0 Å². The van der Waals surface area contributed by atoms with Crippen LogP contribution in [0.15, 0.2) is 0 Å². The number of hydrogen-bond donors (Lipinski definition) is 1. The van der Waals surface area contributed by atoms with Gasteiger partial charge in [0.2, 0.25) is 0 Å². The molecule has 1 fully saturated rings. The monoisotopic (exact) mass is 171 g/mol. The van der Waals surface area contributed by atoms with Crippen LogP contribution < -0.4 is 5.32 Å². The summed E-state index contributed by atoms with van der Waals surface area (Å²) in [6.07, 6.45) is 5.32. The molecule has 0 saturated heterocycles. The predicted octanol–water partition coefficient (Wildman–Crippen LogP) is 1.80. The highest BCUT2D eigenvalue weighted by Crippen LogP contribution is 2.24. The SMILES string of the molecule is COCCCN[C@@H]1CCC[C@H]1C. The molecule has 0 amide bonds. The third-order valence-electron chi connectivity index (χ3n) is 2.79. The van der Waals surface area contributed by atoms with E-state index in [0.29, 0.717) is 0 Å². The van der Waals surface area contributed by atoms with Crippen LogP contribution in [0.1, 0.15) is 32.6 Å². The second-order valence-electron chi connectivity index (χ2n) is 3.82. The first kappa shape index (κ1) is 10.0. The van der Waals surface area contributed by atoms with Gasteiger partial charge in [0.1, 0.15) is 0 Å². The van der Waals surface area contributed by atoms with Gasteiger partial charge in [-0.15, -0.1) is 0 Å². The number of methoxy groups -OCH3 is 1. The number of rotatable bonds is 5. The minimum Gasteiger partial charge on any atom is -0.385 e. The maximum atomic E-state index is 4.99. The third-order valence-corrected chi connectivity index (χ3v) is 2.79. The third kappa shape index (κ3) is 3.11. The van der Waals surface area contributed by atoms with Crippen molar-refractivity contribution in [1.82, 2.24) is 5.32 Å². The summed E-state index contributed by atoms with van der Waals surface area (Å²) in [6.45, 7) is 4.35. The molecular weight excluding hydrogens is 150 g/mol. The molecule has 1 aliphatic rings. The standard InChI is InChI=1S/C10H21NO/c1-9-5-3-6-10(9)11-7-4-8-12-2/h9-11H,3-8H2,1-2H3/t9-,10-/m1/s1. The van der Waals surface area contributed by atoms with Gasteiger partial charge in [-0.3, -0.25) is 0 Å². The van der Waals surface area contributed by atoms with Gasteiger partial charge in [-0.05, 0) is 31.7 Å². The first-order valence-electron chi connectivity index (χ1n) is 5.07. The molecule has 1 saturated carbocycles. The fraction of sp³-hybridized carbons (Fsp3) is 1.00. The summed E-state index contributed by atoms with van der Waals surface area (Å²) in [4.78, 5) is 0. The zero-order chi connectivity index (χ0) is 8.81. The molecule has 12 heavy (non-hydrogen) atoms. The van der Waals surface area contributed by atoms with Crippen molar-refractivity contribution >= 4 is 0 Å². The van der Waals surface area contributed by atoms with Crippen LogP contribution in [0, 0.1) is 5.92 Å². The molecule has 0 unspecified atom stereocenters. The van der Waals surface area contributed by atoms with E-state index in [1.807, 2.05) is 0 Å². The Morgan fingerprint density at radius 2 is 2.25 bits per heavy atom. The summed E-state index contributed by atoms with van der Waals surface area (Å²) in [7, 11) is 1.76. The second-order valence-corrected chi connectivity index (χ2v) is 3.82. The molecule has 2 heteroatoms. The van der Waals surface area contributed by atoms with Crippen LogP contribution in [0.25, 0.3) is 0 Å². The number of hydrogen-bond acceptors (Lipinski definition) is 2. The summed E-state index contributed by atoms with van der Waals surface area (Å²) in [5, 5.41) is 3.59. The van der Waals surface area contributed by atoms with Crippen molar-refractivity contribution < 1.29 is 4.74 Å². The van der Waals surface area contributed by atoms with E-state index < -0.39 is 0 Å². The van der Waals surface area contributed by atoms with E-state index in [1.54, 1.807) is 7.11 Å². The lowest BCUT2D eigenvalue weighted by Crippen LogP contribution is -2.32. The van der Waals surface area contributed by atoms with Gasteiger partial charge in [0.25, 0.3) is 0 Å². The maximum absolute atomic E-state index is 4.99. The smallest absolute Gasteiger partial charge is 0.0474 e. The van der Waals surface area contributed by atoms with E-state index in [-0.39, 0.29) is 0 Å². The van der Waals surface area contributed by atoms with Crippen LogP contribution in [0.2, 0.25) is 0 Å². The molecule has 0 spiro atoms. The quantitative estimate of drug-likeness (QED) is 0.637. The average Bonchev–Trinajstić information content (AvgIpc) is 2.46. The maximum Gasteiger partial charge on any atom is 0.0474 e. The lowest BCUT2D eigenvalue weighted by atomic mass is 10.1. The normalized spacial score (nSPS) is 29.5. The molecule has 0 heterocycles. The Bertz CT molecular complexity index is 116. The van der Waals surface area contributed by atoms with Crippen LogP contribution in [-0.4, -0.2) is 26.3 Å². The molecular formula is C10H21NO. The van der Waals surface area contributed by atoms with Gasteiger partial charge in [-0.2, -0.15) is 0 Å². The van der Waals surface area contributed by atoms with Crippen LogP contribution in [0.4, 0.5) is 0 Å². The van der Waals surface area contributed by atoms with E-state index >= 15 is 0 Å². The molecule has 2 nitrogen and oxygen atoms in total. The Labute approximate surface area is 75.7 Å². The Hall–Kier alpha value is -0.0800. The molecule has 0 radical (unpaired) electrons. The van der Waals surface area contributed by atoms with Crippen LogP contribution >= 0.6 is 0 Å². The van der Waals surface area contributed by atoms with Gasteiger partial charge in [0.05, 0.1) is 0 Å².